The van der Waals surface area contributed by atoms with E-state index in [1.54, 1.807) is 4.68 Å². The van der Waals surface area contributed by atoms with Crippen molar-refractivity contribution in [3.63, 3.8) is 0 Å². The van der Waals surface area contributed by atoms with Crippen LogP contribution in [-0.4, -0.2) is 21.3 Å². The van der Waals surface area contributed by atoms with Crippen LogP contribution >= 0.6 is 0 Å². The number of nitrogens with two attached hydrogens (primary N) is 1. The van der Waals surface area contributed by atoms with Crippen LogP contribution < -0.4 is 11.1 Å². The zero-order valence-corrected chi connectivity index (χ0v) is 9.62. The predicted octanol–water partition coefficient (Wildman–Crippen LogP) is 0.848. The summed E-state index contributed by atoms with van der Waals surface area (Å²) in [6.45, 7) is 5.53. The summed E-state index contributed by atoms with van der Waals surface area (Å²) in [4.78, 5) is 4.30. The minimum atomic E-state index is 0.200. The van der Waals surface area contributed by atoms with Gasteiger partial charge in [-0.1, -0.05) is 13.8 Å². The van der Waals surface area contributed by atoms with Gasteiger partial charge in [0.25, 0.3) is 0 Å². The monoisotopic (exact) mass is 209 g/mol. The van der Waals surface area contributed by atoms with Gasteiger partial charge in [0.2, 0.25) is 5.95 Å². The topological polar surface area (TPSA) is 68.8 Å². The number of aromatic nitrogens is 3. The van der Waals surface area contributed by atoms with E-state index in [2.05, 4.69) is 29.2 Å². The van der Waals surface area contributed by atoms with E-state index in [0.29, 0.717) is 5.95 Å². The maximum atomic E-state index is 5.70. The Labute approximate surface area is 90.1 Å². The Hall–Kier alpha value is -1.10. The highest BCUT2D eigenvalue weighted by Gasteiger charge is 2.35. The summed E-state index contributed by atoms with van der Waals surface area (Å²) in [5, 5.41) is 7.82. The van der Waals surface area contributed by atoms with Gasteiger partial charge >= 0.3 is 0 Å². The molecule has 0 aromatic carbocycles. The molecule has 15 heavy (non-hydrogen) atoms. The minimum absolute atomic E-state index is 0.200. The number of nitrogens with one attached hydrogen (secondary N) is 1. The van der Waals surface area contributed by atoms with Gasteiger partial charge in [-0.05, 0) is 24.8 Å². The lowest BCUT2D eigenvalue weighted by atomic mass is 9.77. The van der Waals surface area contributed by atoms with Crippen LogP contribution in [0.3, 0.4) is 0 Å². The average Bonchev–Trinajstić information content (AvgIpc) is 2.46. The van der Waals surface area contributed by atoms with Crippen LogP contribution in [0, 0.1) is 5.41 Å². The smallest absolute Gasteiger partial charge is 0.218 e. The molecule has 84 valence electrons. The second kappa shape index (κ2) is 3.48. The van der Waals surface area contributed by atoms with E-state index in [-0.39, 0.29) is 11.5 Å². The largest absolute Gasteiger partial charge is 0.368 e. The van der Waals surface area contributed by atoms with E-state index in [1.807, 2.05) is 7.05 Å². The Morgan fingerprint density at radius 2 is 2.27 bits per heavy atom. The van der Waals surface area contributed by atoms with Crippen molar-refractivity contribution in [2.75, 3.05) is 12.3 Å². The molecular weight excluding hydrogens is 190 g/mol. The first kappa shape index (κ1) is 10.4. The predicted molar refractivity (Wildman–Crippen MR) is 59.2 cm³/mol. The van der Waals surface area contributed by atoms with Crippen molar-refractivity contribution < 1.29 is 0 Å². The summed E-state index contributed by atoms with van der Waals surface area (Å²) in [6.07, 6.45) is 2.41. The number of piperidine rings is 1. The van der Waals surface area contributed by atoms with Crippen LogP contribution in [0.1, 0.15) is 38.6 Å². The Morgan fingerprint density at radius 3 is 2.80 bits per heavy atom. The van der Waals surface area contributed by atoms with Crippen molar-refractivity contribution in [1.29, 1.82) is 0 Å². The Bertz CT molecular complexity index is 335. The molecule has 1 aliphatic rings. The number of hydrogen-bond acceptors (Lipinski definition) is 4. The second-order valence-corrected chi connectivity index (χ2v) is 4.93. The van der Waals surface area contributed by atoms with Crippen molar-refractivity contribution in [2.24, 2.45) is 12.5 Å². The summed E-state index contributed by atoms with van der Waals surface area (Å²) in [5.41, 5.74) is 5.90. The van der Waals surface area contributed by atoms with E-state index >= 15 is 0 Å². The molecule has 2 rings (SSSR count). The summed E-state index contributed by atoms with van der Waals surface area (Å²) >= 11 is 0. The van der Waals surface area contributed by atoms with E-state index in [1.165, 1.54) is 12.8 Å². The highest BCUT2D eigenvalue weighted by molar-refractivity contribution is 5.18. The van der Waals surface area contributed by atoms with Gasteiger partial charge in [0, 0.05) is 7.05 Å². The first-order valence-corrected chi connectivity index (χ1v) is 5.40. The fourth-order valence-electron chi connectivity index (χ4n) is 2.19. The minimum Gasteiger partial charge on any atom is -0.368 e. The molecule has 1 aliphatic heterocycles. The van der Waals surface area contributed by atoms with Crippen molar-refractivity contribution in [3.8, 4) is 0 Å². The van der Waals surface area contributed by atoms with Gasteiger partial charge in [-0.3, -0.25) is 0 Å². The van der Waals surface area contributed by atoms with Gasteiger partial charge in [0.1, 0.15) is 0 Å². The third-order valence-electron chi connectivity index (χ3n) is 3.20. The summed E-state index contributed by atoms with van der Waals surface area (Å²) in [5.74, 6) is 1.30. The third kappa shape index (κ3) is 1.84. The Balaban J connectivity index is 2.28. The molecule has 2 heterocycles. The number of anilines is 1. The SMILES string of the molecule is Cn1nc(C2NCCCC2(C)C)nc1N. The maximum absolute atomic E-state index is 5.70. The van der Waals surface area contributed by atoms with E-state index in [4.69, 9.17) is 5.73 Å². The van der Waals surface area contributed by atoms with Gasteiger partial charge in [-0.25, -0.2) is 4.68 Å². The van der Waals surface area contributed by atoms with Gasteiger partial charge in [-0.2, -0.15) is 10.1 Å². The summed E-state index contributed by atoms with van der Waals surface area (Å²) in [6, 6.07) is 0.217. The molecule has 0 spiro atoms. The van der Waals surface area contributed by atoms with Crippen LogP contribution in [0.25, 0.3) is 0 Å². The molecule has 1 aromatic rings. The normalized spacial score (nSPS) is 25.4. The van der Waals surface area contributed by atoms with Crippen molar-refractivity contribution >= 4 is 5.95 Å². The molecule has 1 atom stereocenters. The molecule has 0 aliphatic carbocycles. The molecule has 0 saturated carbocycles. The molecule has 1 aromatic heterocycles. The molecule has 0 amide bonds. The lowest BCUT2D eigenvalue weighted by molar-refractivity contribution is 0.174. The zero-order chi connectivity index (χ0) is 11.1. The van der Waals surface area contributed by atoms with Crippen molar-refractivity contribution in [2.45, 2.75) is 32.7 Å². The van der Waals surface area contributed by atoms with Gasteiger partial charge in [0.15, 0.2) is 5.82 Å². The second-order valence-electron chi connectivity index (χ2n) is 4.93. The first-order chi connectivity index (χ1) is 7.00. The molecular formula is C10H19N5. The molecule has 5 heteroatoms. The number of rotatable bonds is 1. The highest BCUT2D eigenvalue weighted by Crippen LogP contribution is 2.38. The van der Waals surface area contributed by atoms with Crippen LogP contribution in [0.4, 0.5) is 5.95 Å². The zero-order valence-electron chi connectivity index (χ0n) is 9.62. The highest BCUT2D eigenvalue weighted by atomic mass is 15.4. The van der Waals surface area contributed by atoms with Crippen LogP contribution in [0.15, 0.2) is 0 Å². The standard InChI is InChI=1S/C10H19N5/c1-10(2)5-4-6-12-7(10)8-13-9(11)15(3)14-8/h7,12H,4-6H2,1-3H3,(H2,11,13,14). The van der Waals surface area contributed by atoms with Gasteiger partial charge in [-0.15, -0.1) is 0 Å². The van der Waals surface area contributed by atoms with Crippen LogP contribution in [0.5, 0.6) is 0 Å². The molecule has 1 saturated heterocycles. The summed E-state index contributed by atoms with van der Waals surface area (Å²) < 4.78 is 1.63. The van der Waals surface area contributed by atoms with E-state index in [0.717, 1.165) is 12.4 Å². The first-order valence-electron chi connectivity index (χ1n) is 5.40. The summed E-state index contributed by atoms with van der Waals surface area (Å²) in [7, 11) is 1.82. The van der Waals surface area contributed by atoms with Gasteiger partial charge in [0.05, 0.1) is 6.04 Å². The number of nitrogens with zero attached hydrogens (tertiary/aromatic N) is 3. The Kier molecular flexibility index (Phi) is 2.42. The quantitative estimate of drug-likeness (QED) is 0.719. The molecule has 0 radical (unpaired) electrons. The third-order valence-corrected chi connectivity index (χ3v) is 3.20. The van der Waals surface area contributed by atoms with Crippen molar-refractivity contribution in [1.82, 2.24) is 20.1 Å². The van der Waals surface area contributed by atoms with Gasteiger partial charge < -0.3 is 11.1 Å². The van der Waals surface area contributed by atoms with Crippen LogP contribution in [-0.2, 0) is 7.05 Å². The van der Waals surface area contributed by atoms with E-state index < -0.39 is 0 Å². The van der Waals surface area contributed by atoms with Crippen LogP contribution in [0.2, 0.25) is 0 Å². The molecule has 3 N–H and O–H groups in total. The molecule has 1 unspecified atom stereocenters. The lowest BCUT2D eigenvalue weighted by Gasteiger charge is -2.37. The van der Waals surface area contributed by atoms with Crippen molar-refractivity contribution in [3.05, 3.63) is 5.82 Å². The maximum Gasteiger partial charge on any atom is 0.218 e. The number of hydrogen-bond donors (Lipinski definition) is 2. The molecule has 0 bridgehead atoms. The fraction of sp³-hybridized carbons (Fsp3) is 0.800. The number of nitrogen functional groups attached to an aromatic ring is 1. The number of aryl methyl sites for hydroxylation is 1. The molecule has 5 nitrogen and oxygen atoms in total. The molecule has 1 fully saturated rings. The lowest BCUT2D eigenvalue weighted by Crippen LogP contribution is -2.40. The fourth-order valence-corrected chi connectivity index (χ4v) is 2.19. The Morgan fingerprint density at radius 1 is 1.53 bits per heavy atom. The van der Waals surface area contributed by atoms with E-state index in [9.17, 15) is 0 Å². The average molecular weight is 209 g/mol.